The van der Waals surface area contributed by atoms with Gasteiger partial charge in [0.1, 0.15) is 11.6 Å². The molecule has 1 rings (SSSR count). The Kier molecular flexibility index (Phi) is 4.28. The molecule has 1 unspecified atom stereocenters. The highest BCUT2D eigenvalue weighted by molar-refractivity contribution is 5.70. The van der Waals surface area contributed by atoms with E-state index in [1.807, 2.05) is 6.92 Å². The van der Waals surface area contributed by atoms with Gasteiger partial charge in [0.05, 0.1) is 20.6 Å². The van der Waals surface area contributed by atoms with Crippen LogP contribution in [0.4, 0.5) is 4.39 Å². The molecule has 0 saturated heterocycles. The number of rotatable bonds is 4. The van der Waals surface area contributed by atoms with Crippen molar-refractivity contribution >= 4 is 5.97 Å². The number of hydrogen-bond acceptors (Lipinski definition) is 3. The van der Waals surface area contributed by atoms with Crippen molar-refractivity contribution in [1.29, 1.82) is 0 Å². The SMILES string of the molecule is COC(=O)CC(C)c1ccc(F)cc1OC. The number of carbonyl (C=O) groups is 1. The van der Waals surface area contributed by atoms with Crippen molar-refractivity contribution in [3.8, 4) is 5.75 Å². The van der Waals surface area contributed by atoms with Crippen molar-refractivity contribution < 1.29 is 18.7 Å². The van der Waals surface area contributed by atoms with E-state index < -0.39 is 0 Å². The molecule has 1 aromatic carbocycles. The van der Waals surface area contributed by atoms with E-state index in [-0.39, 0.29) is 24.1 Å². The molecule has 0 amide bonds. The Bertz CT molecular complexity index is 377. The lowest BCUT2D eigenvalue weighted by Crippen LogP contribution is -2.07. The number of methoxy groups -OCH3 is 2. The Morgan fingerprint density at radius 2 is 2.12 bits per heavy atom. The molecule has 0 bridgehead atoms. The summed E-state index contributed by atoms with van der Waals surface area (Å²) in [5.41, 5.74) is 0.800. The van der Waals surface area contributed by atoms with Gasteiger partial charge in [0.2, 0.25) is 0 Å². The van der Waals surface area contributed by atoms with Crippen molar-refractivity contribution in [1.82, 2.24) is 0 Å². The largest absolute Gasteiger partial charge is 0.496 e. The molecule has 0 saturated carbocycles. The molecule has 0 N–H and O–H groups in total. The molecule has 0 aliphatic carbocycles. The van der Waals surface area contributed by atoms with Crippen LogP contribution in [-0.4, -0.2) is 20.2 Å². The van der Waals surface area contributed by atoms with Gasteiger partial charge < -0.3 is 9.47 Å². The van der Waals surface area contributed by atoms with Gasteiger partial charge in [-0.05, 0) is 17.5 Å². The third kappa shape index (κ3) is 2.95. The lowest BCUT2D eigenvalue weighted by Gasteiger charge is -2.14. The fourth-order valence-corrected chi connectivity index (χ4v) is 1.54. The summed E-state index contributed by atoms with van der Waals surface area (Å²) in [6, 6.07) is 4.29. The molecule has 4 heteroatoms. The topological polar surface area (TPSA) is 35.5 Å². The molecule has 0 spiro atoms. The van der Waals surface area contributed by atoms with Gasteiger partial charge in [0, 0.05) is 6.07 Å². The zero-order valence-electron chi connectivity index (χ0n) is 9.62. The third-order valence-electron chi connectivity index (χ3n) is 2.43. The Morgan fingerprint density at radius 1 is 1.44 bits per heavy atom. The number of halogens is 1. The van der Waals surface area contributed by atoms with Gasteiger partial charge in [0.25, 0.3) is 0 Å². The van der Waals surface area contributed by atoms with E-state index in [0.717, 1.165) is 5.56 Å². The van der Waals surface area contributed by atoms with E-state index in [1.165, 1.54) is 26.4 Å². The van der Waals surface area contributed by atoms with Crippen LogP contribution in [-0.2, 0) is 9.53 Å². The molecule has 1 aromatic rings. The first-order chi connectivity index (χ1) is 7.58. The normalized spacial score (nSPS) is 12.0. The maximum Gasteiger partial charge on any atom is 0.306 e. The van der Waals surface area contributed by atoms with Gasteiger partial charge in [-0.2, -0.15) is 0 Å². The zero-order valence-corrected chi connectivity index (χ0v) is 9.62. The lowest BCUT2D eigenvalue weighted by molar-refractivity contribution is -0.140. The summed E-state index contributed by atoms with van der Waals surface area (Å²) < 4.78 is 22.6. The number of benzene rings is 1. The van der Waals surface area contributed by atoms with Gasteiger partial charge in [-0.3, -0.25) is 4.79 Å². The molecule has 0 aliphatic rings. The van der Waals surface area contributed by atoms with Gasteiger partial charge in [-0.15, -0.1) is 0 Å². The van der Waals surface area contributed by atoms with Gasteiger partial charge >= 0.3 is 5.97 Å². The fourth-order valence-electron chi connectivity index (χ4n) is 1.54. The Balaban J connectivity index is 2.90. The second-order valence-corrected chi connectivity index (χ2v) is 3.57. The van der Waals surface area contributed by atoms with E-state index in [1.54, 1.807) is 6.07 Å². The van der Waals surface area contributed by atoms with Crippen LogP contribution in [0, 0.1) is 5.82 Å². The third-order valence-corrected chi connectivity index (χ3v) is 2.43. The zero-order chi connectivity index (χ0) is 12.1. The minimum atomic E-state index is -0.356. The summed E-state index contributed by atoms with van der Waals surface area (Å²) in [5.74, 6) is -0.260. The van der Waals surface area contributed by atoms with Crippen LogP contribution in [0.3, 0.4) is 0 Å². The van der Waals surface area contributed by atoms with Gasteiger partial charge in [0.15, 0.2) is 0 Å². The smallest absolute Gasteiger partial charge is 0.306 e. The number of hydrogen-bond donors (Lipinski definition) is 0. The van der Waals surface area contributed by atoms with E-state index >= 15 is 0 Å². The molecule has 0 heterocycles. The van der Waals surface area contributed by atoms with Crippen molar-refractivity contribution in [3.05, 3.63) is 29.6 Å². The standard InChI is InChI=1S/C12H15FO3/c1-8(6-12(14)16-3)10-5-4-9(13)7-11(10)15-2/h4-5,7-8H,6H2,1-3H3. The summed E-state index contributed by atoms with van der Waals surface area (Å²) in [6.07, 6.45) is 0.249. The predicted molar refractivity (Wildman–Crippen MR) is 58.0 cm³/mol. The molecular formula is C12H15FO3. The van der Waals surface area contributed by atoms with Crippen molar-refractivity contribution in [2.75, 3.05) is 14.2 Å². The maximum atomic E-state index is 13.0. The van der Waals surface area contributed by atoms with E-state index in [2.05, 4.69) is 4.74 Å². The minimum absolute atomic E-state index is 0.0667. The average Bonchev–Trinajstić information content (AvgIpc) is 2.28. The number of ether oxygens (including phenoxy) is 2. The Labute approximate surface area is 94.2 Å². The first-order valence-corrected chi connectivity index (χ1v) is 4.98. The highest BCUT2D eigenvalue weighted by Crippen LogP contribution is 2.29. The fraction of sp³-hybridized carbons (Fsp3) is 0.417. The Morgan fingerprint density at radius 3 is 2.69 bits per heavy atom. The van der Waals surface area contributed by atoms with Crippen LogP contribution in [0.1, 0.15) is 24.8 Å². The lowest BCUT2D eigenvalue weighted by atomic mass is 9.97. The molecule has 16 heavy (non-hydrogen) atoms. The summed E-state index contributed by atoms with van der Waals surface area (Å²) >= 11 is 0. The molecule has 0 radical (unpaired) electrons. The van der Waals surface area contributed by atoms with Crippen LogP contribution in [0.5, 0.6) is 5.75 Å². The summed E-state index contributed by atoms with van der Waals surface area (Å²) in [4.78, 5) is 11.1. The second-order valence-electron chi connectivity index (χ2n) is 3.57. The van der Waals surface area contributed by atoms with E-state index in [9.17, 15) is 9.18 Å². The van der Waals surface area contributed by atoms with Crippen LogP contribution in [0.15, 0.2) is 18.2 Å². The first-order valence-electron chi connectivity index (χ1n) is 4.98. The summed E-state index contributed by atoms with van der Waals surface area (Å²) in [6.45, 7) is 1.87. The highest BCUT2D eigenvalue weighted by atomic mass is 19.1. The van der Waals surface area contributed by atoms with Crippen molar-refractivity contribution in [2.45, 2.75) is 19.3 Å². The average molecular weight is 226 g/mol. The van der Waals surface area contributed by atoms with Gasteiger partial charge in [-0.1, -0.05) is 13.0 Å². The maximum absolute atomic E-state index is 13.0. The van der Waals surface area contributed by atoms with Crippen LogP contribution in [0.25, 0.3) is 0 Å². The predicted octanol–water partition coefficient (Wildman–Crippen LogP) is 2.50. The second kappa shape index (κ2) is 5.49. The molecule has 0 aliphatic heterocycles. The number of esters is 1. The summed E-state index contributed by atoms with van der Waals surface area (Å²) in [5, 5.41) is 0. The summed E-state index contributed by atoms with van der Waals surface area (Å²) in [7, 11) is 2.82. The Hall–Kier alpha value is -1.58. The van der Waals surface area contributed by atoms with Crippen molar-refractivity contribution in [3.63, 3.8) is 0 Å². The van der Waals surface area contributed by atoms with Crippen molar-refractivity contribution in [2.24, 2.45) is 0 Å². The molecule has 88 valence electrons. The minimum Gasteiger partial charge on any atom is -0.496 e. The van der Waals surface area contributed by atoms with Gasteiger partial charge in [-0.25, -0.2) is 4.39 Å². The van der Waals surface area contributed by atoms with Crippen LogP contribution < -0.4 is 4.74 Å². The molecule has 1 atom stereocenters. The molecule has 0 aromatic heterocycles. The van der Waals surface area contributed by atoms with E-state index in [0.29, 0.717) is 5.75 Å². The quantitative estimate of drug-likeness (QED) is 0.740. The highest BCUT2D eigenvalue weighted by Gasteiger charge is 2.16. The van der Waals surface area contributed by atoms with Crippen LogP contribution in [0.2, 0.25) is 0 Å². The van der Waals surface area contributed by atoms with E-state index in [4.69, 9.17) is 4.74 Å². The molecule has 0 fully saturated rings. The molecule has 3 nitrogen and oxygen atoms in total. The molecular weight excluding hydrogens is 211 g/mol. The monoisotopic (exact) mass is 226 g/mol. The number of carbonyl (C=O) groups excluding carboxylic acids is 1. The van der Waals surface area contributed by atoms with Crippen LogP contribution >= 0.6 is 0 Å². The first kappa shape index (κ1) is 12.5.